The topological polar surface area (TPSA) is 0 Å². The van der Waals surface area contributed by atoms with Crippen LogP contribution in [0.2, 0.25) is 0 Å². The molecule has 0 N–H and O–H groups in total. The largest absolute Gasteiger partial charge is 0.0710 e. The lowest BCUT2D eigenvalue weighted by Crippen LogP contribution is -2.25. The van der Waals surface area contributed by atoms with Crippen LogP contribution < -0.4 is 0 Å². The maximum Gasteiger partial charge on any atom is -0.0161 e. The van der Waals surface area contributed by atoms with Gasteiger partial charge in [-0.05, 0) is 62.2 Å². The quantitative estimate of drug-likeness (QED) is 0.478. The highest BCUT2D eigenvalue weighted by Crippen LogP contribution is 2.85. The summed E-state index contributed by atoms with van der Waals surface area (Å²) in [5.41, 5.74) is 4.50. The van der Waals surface area contributed by atoms with Crippen LogP contribution in [0.1, 0.15) is 33.1 Å². The Bertz CT molecular complexity index is 300. The molecule has 0 saturated heterocycles. The summed E-state index contributed by atoms with van der Waals surface area (Å²) in [7, 11) is 0. The summed E-state index contributed by atoms with van der Waals surface area (Å²) in [6, 6.07) is 0. The molecule has 0 aromatic heterocycles. The van der Waals surface area contributed by atoms with Gasteiger partial charge < -0.3 is 0 Å². The second-order valence-electron chi connectivity index (χ2n) is 5.68. The van der Waals surface area contributed by atoms with Gasteiger partial charge in [0.05, 0.1) is 0 Å². The van der Waals surface area contributed by atoms with Crippen LogP contribution in [0.15, 0.2) is 11.1 Å². The summed E-state index contributed by atoms with van der Waals surface area (Å²) in [5.74, 6) is 4.41. The van der Waals surface area contributed by atoms with E-state index in [0.29, 0.717) is 0 Å². The molecule has 0 heterocycles. The summed E-state index contributed by atoms with van der Waals surface area (Å²) >= 11 is 0. The minimum absolute atomic E-state index is 0.925. The molecule has 5 atom stereocenters. The zero-order valence-electron chi connectivity index (χ0n) is 7.93. The van der Waals surface area contributed by atoms with Crippen molar-refractivity contribution in [3.05, 3.63) is 11.1 Å². The zero-order valence-corrected chi connectivity index (χ0v) is 7.93. The van der Waals surface area contributed by atoms with Crippen molar-refractivity contribution in [2.24, 2.45) is 29.1 Å². The first-order valence-corrected chi connectivity index (χ1v) is 5.41. The Morgan fingerprint density at radius 3 is 2.75 bits per heavy atom. The van der Waals surface area contributed by atoms with Crippen LogP contribution in [0.5, 0.6) is 0 Å². The lowest BCUT2D eigenvalue weighted by molar-refractivity contribution is 0.201. The molecule has 0 aromatic rings. The first-order chi connectivity index (χ1) is 5.74. The molecule has 12 heavy (non-hydrogen) atoms. The molecule has 1 spiro atoms. The first-order valence-electron chi connectivity index (χ1n) is 5.41. The Morgan fingerprint density at radius 2 is 2.00 bits per heavy atom. The predicted molar refractivity (Wildman–Crippen MR) is 48.6 cm³/mol. The minimum Gasteiger partial charge on any atom is -0.0710 e. The Morgan fingerprint density at radius 1 is 1.17 bits per heavy atom. The fraction of sp³-hybridized carbons (Fsp3) is 0.833. The number of rotatable bonds is 0. The van der Waals surface area contributed by atoms with Crippen LogP contribution in [-0.4, -0.2) is 0 Å². The molecule has 0 radical (unpaired) electrons. The van der Waals surface area contributed by atoms with E-state index in [9.17, 15) is 0 Å². The molecular weight excluding hydrogens is 144 g/mol. The van der Waals surface area contributed by atoms with Crippen molar-refractivity contribution in [2.75, 3.05) is 0 Å². The molecule has 0 aliphatic heterocycles. The first kappa shape index (κ1) is 6.23. The van der Waals surface area contributed by atoms with Crippen LogP contribution in [-0.2, 0) is 0 Å². The molecule has 64 valence electrons. The van der Waals surface area contributed by atoms with Gasteiger partial charge in [0, 0.05) is 0 Å². The highest BCUT2D eigenvalue weighted by atomic mass is 14.8. The average Bonchev–Trinajstić information content (AvgIpc) is 2.39. The van der Waals surface area contributed by atoms with Gasteiger partial charge in [-0.25, -0.2) is 0 Å². The molecule has 3 saturated carbocycles. The van der Waals surface area contributed by atoms with E-state index in [1.165, 1.54) is 11.8 Å². The predicted octanol–water partition coefficient (Wildman–Crippen LogP) is 3.00. The summed E-state index contributed by atoms with van der Waals surface area (Å²) in [5, 5.41) is 0. The number of hydrogen-bond donors (Lipinski definition) is 0. The lowest BCUT2D eigenvalue weighted by atomic mass is 9.72. The lowest BCUT2D eigenvalue weighted by Gasteiger charge is -2.33. The van der Waals surface area contributed by atoms with Gasteiger partial charge in [-0.3, -0.25) is 0 Å². The van der Waals surface area contributed by atoms with Crippen molar-refractivity contribution in [1.82, 2.24) is 0 Å². The van der Waals surface area contributed by atoms with Crippen molar-refractivity contribution in [2.45, 2.75) is 33.1 Å². The van der Waals surface area contributed by atoms with Crippen molar-refractivity contribution < 1.29 is 0 Å². The van der Waals surface area contributed by atoms with E-state index in [1.54, 1.807) is 30.4 Å². The maximum atomic E-state index is 2.41. The van der Waals surface area contributed by atoms with E-state index in [0.717, 1.165) is 17.3 Å². The van der Waals surface area contributed by atoms with Crippen molar-refractivity contribution >= 4 is 0 Å². The SMILES string of the molecule is CC1=C(C)C2CC34CC1CC3C24. The second-order valence-corrected chi connectivity index (χ2v) is 5.68. The highest BCUT2D eigenvalue weighted by molar-refractivity contribution is 5.39. The van der Waals surface area contributed by atoms with Crippen LogP contribution in [0.4, 0.5) is 0 Å². The Hall–Kier alpha value is -0.260. The van der Waals surface area contributed by atoms with E-state index in [4.69, 9.17) is 0 Å². The van der Waals surface area contributed by atoms with E-state index in [2.05, 4.69) is 13.8 Å². The maximum absolute atomic E-state index is 2.41. The van der Waals surface area contributed by atoms with Crippen LogP contribution >= 0.6 is 0 Å². The summed E-state index contributed by atoms with van der Waals surface area (Å²) < 4.78 is 0. The van der Waals surface area contributed by atoms with Crippen LogP contribution in [0.3, 0.4) is 0 Å². The third-order valence-corrected chi connectivity index (χ3v) is 5.72. The molecule has 6 rings (SSSR count). The fourth-order valence-corrected chi connectivity index (χ4v) is 4.92. The molecule has 0 heteroatoms. The molecule has 5 unspecified atom stereocenters. The minimum atomic E-state index is 0.925. The Labute approximate surface area is 74.0 Å². The Balaban J connectivity index is 1.94. The molecule has 5 bridgehead atoms. The summed E-state index contributed by atoms with van der Waals surface area (Å²) in [4.78, 5) is 0. The van der Waals surface area contributed by atoms with Crippen molar-refractivity contribution in [1.29, 1.82) is 0 Å². The fourth-order valence-electron chi connectivity index (χ4n) is 4.92. The van der Waals surface area contributed by atoms with E-state index in [-0.39, 0.29) is 0 Å². The standard InChI is InChI=1S/C12H16/c1-6-7(2)9-5-12-4-8(6)3-10(12)11(9)12/h8-11H,3-5H2,1-2H3. The summed E-state index contributed by atoms with van der Waals surface area (Å²) in [6.45, 7) is 4.81. The van der Waals surface area contributed by atoms with Gasteiger partial charge in [0.15, 0.2) is 0 Å². The van der Waals surface area contributed by atoms with Gasteiger partial charge >= 0.3 is 0 Å². The molecule has 6 aliphatic carbocycles. The molecular formula is C12H16. The van der Waals surface area contributed by atoms with Gasteiger partial charge in [-0.15, -0.1) is 0 Å². The molecule has 6 aliphatic rings. The molecule has 0 amide bonds. The second kappa shape index (κ2) is 1.42. The van der Waals surface area contributed by atoms with E-state index in [1.807, 2.05) is 0 Å². The molecule has 0 nitrogen and oxygen atoms in total. The van der Waals surface area contributed by atoms with Crippen LogP contribution in [0, 0.1) is 29.1 Å². The Kier molecular flexibility index (Phi) is 0.740. The van der Waals surface area contributed by atoms with E-state index >= 15 is 0 Å². The van der Waals surface area contributed by atoms with Crippen LogP contribution in [0.25, 0.3) is 0 Å². The van der Waals surface area contributed by atoms with Gasteiger partial charge in [0.25, 0.3) is 0 Å². The molecule has 3 fully saturated rings. The monoisotopic (exact) mass is 160 g/mol. The highest BCUT2D eigenvalue weighted by Gasteiger charge is 2.79. The van der Waals surface area contributed by atoms with Gasteiger partial charge in [-0.1, -0.05) is 11.1 Å². The third kappa shape index (κ3) is 0.389. The van der Waals surface area contributed by atoms with Gasteiger partial charge in [0.1, 0.15) is 0 Å². The van der Waals surface area contributed by atoms with Gasteiger partial charge in [-0.2, -0.15) is 0 Å². The van der Waals surface area contributed by atoms with E-state index < -0.39 is 0 Å². The van der Waals surface area contributed by atoms with Gasteiger partial charge in [0.2, 0.25) is 0 Å². The number of hydrogen-bond acceptors (Lipinski definition) is 0. The molecule has 0 aromatic carbocycles. The number of allylic oxidation sites excluding steroid dienone is 2. The zero-order chi connectivity index (χ0) is 8.09. The third-order valence-electron chi connectivity index (χ3n) is 5.72. The normalized spacial score (nSPS) is 64.5. The summed E-state index contributed by atoms with van der Waals surface area (Å²) in [6.07, 6.45) is 4.70. The van der Waals surface area contributed by atoms with Crippen molar-refractivity contribution in [3.8, 4) is 0 Å². The smallest absolute Gasteiger partial charge is 0.0161 e. The van der Waals surface area contributed by atoms with Crippen molar-refractivity contribution in [3.63, 3.8) is 0 Å². The average molecular weight is 160 g/mol.